The lowest BCUT2D eigenvalue weighted by atomic mass is 9.94. The Kier molecular flexibility index (Phi) is 5.30. The van der Waals surface area contributed by atoms with E-state index in [0.29, 0.717) is 5.56 Å². The molecule has 2 rings (SSSR count). The Morgan fingerprint density at radius 3 is 2.80 bits per heavy atom. The van der Waals surface area contributed by atoms with Gasteiger partial charge in [-0.15, -0.1) is 11.6 Å². The van der Waals surface area contributed by atoms with E-state index >= 15 is 0 Å². The van der Waals surface area contributed by atoms with Crippen LogP contribution in [0.5, 0.6) is 5.75 Å². The van der Waals surface area contributed by atoms with Gasteiger partial charge in [-0.3, -0.25) is 4.79 Å². The van der Waals surface area contributed by atoms with Gasteiger partial charge in [-0.2, -0.15) is 0 Å². The minimum Gasteiger partial charge on any atom is -0.491 e. The fraction of sp³-hybridized carbons (Fsp3) is 0.562. The van der Waals surface area contributed by atoms with E-state index in [9.17, 15) is 4.79 Å². The number of alkyl halides is 1. The zero-order chi connectivity index (χ0) is 14.5. The predicted molar refractivity (Wildman–Crippen MR) is 81.6 cm³/mol. The SMILES string of the molecule is CC(C)Oc1cccc(C(=O)NC2CCCCC2Cl)c1. The lowest BCUT2D eigenvalue weighted by molar-refractivity contribution is 0.0928. The number of hydrogen-bond acceptors (Lipinski definition) is 2. The Bertz CT molecular complexity index is 462. The molecule has 110 valence electrons. The molecule has 0 saturated heterocycles. The summed E-state index contributed by atoms with van der Waals surface area (Å²) in [5, 5.41) is 3.08. The summed E-state index contributed by atoms with van der Waals surface area (Å²) in [4.78, 5) is 12.3. The Morgan fingerprint density at radius 2 is 2.10 bits per heavy atom. The van der Waals surface area contributed by atoms with Crippen molar-refractivity contribution in [2.75, 3.05) is 0 Å². The Morgan fingerprint density at radius 1 is 1.35 bits per heavy atom. The van der Waals surface area contributed by atoms with E-state index < -0.39 is 0 Å². The maximum Gasteiger partial charge on any atom is 0.251 e. The highest BCUT2D eigenvalue weighted by Crippen LogP contribution is 2.23. The Balaban J connectivity index is 2.01. The van der Waals surface area contributed by atoms with Crippen LogP contribution in [0.1, 0.15) is 49.9 Å². The number of ether oxygens (including phenoxy) is 1. The van der Waals surface area contributed by atoms with E-state index in [1.807, 2.05) is 26.0 Å². The molecule has 0 aliphatic heterocycles. The summed E-state index contributed by atoms with van der Waals surface area (Å²) in [5.41, 5.74) is 0.623. The van der Waals surface area contributed by atoms with Crippen molar-refractivity contribution in [3.05, 3.63) is 29.8 Å². The van der Waals surface area contributed by atoms with Gasteiger partial charge in [0.25, 0.3) is 5.91 Å². The molecule has 2 atom stereocenters. The Hall–Kier alpha value is -1.22. The molecule has 0 heterocycles. The molecule has 20 heavy (non-hydrogen) atoms. The van der Waals surface area contributed by atoms with Crippen molar-refractivity contribution < 1.29 is 9.53 Å². The summed E-state index contributed by atoms with van der Waals surface area (Å²) in [5.74, 6) is 0.649. The molecular weight excluding hydrogens is 274 g/mol. The van der Waals surface area contributed by atoms with Gasteiger partial charge in [0.15, 0.2) is 0 Å². The van der Waals surface area contributed by atoms with Gasteiger partial charge in [0.05, 0.1) is 11.5 Å². The molecule has 1 amide bonds. The monoisotopic (exact) mass is 295 g/mol. The lowest BCUT2D eigenvalue weighted by Gasteiger charge is -2.27. The molecule has 0 bridgehead atoms. The van der Waals surface area contributed by atoms with Crippen molar-refractivity contribution in [1.29, 1.82) is 0 Å². The van der Waals surface area contributed by atoms with Gasteiger partial charge in [-0.1, -0.05) is 18.9 Å². The Labute approximate surface area is 125 Å². The molecule has 1 aliphatic rings. The second-order valence-corrected chi connectivity index (χ2v) is 6.14. The van der Waals surface area contributed by atoms with Crippen molar-refractivity contribution in [1.82, 2.24) is 5.32 Å². The van der Waals surface area contributed by atoms with Gasteiger partial charge < -0.3 is 10.1 Å². The molecule has 3 nitrogen and oxygen atoms in total. The molecule has 4 heteroatoms. The first-order chi connectivity index (χ1) is 9.56. The smallest absolute Gasteiger partial charge is 0.251 e. The summed E-state index contributed by atoms with van der Waals surface area (Å²) in [6, 6.07) is 7.36. The number of rotatable bonds is 4. The number of amides is 1. The second kappa shape index (κ2) is 6.98. The van der Waals surface area contributed by atoms with Gasteiger partial charge >= 0.3 is 0 Å². The summed E-state index contributed by atoms with van der Waals surface area (Å²) in [7, 11) is 0. The minimum atomic E-state index is -0.0724. The van der Waals surface area contributed by atoms with Crippen LogP contribution in [0.4, 0.5) is 0 Å². The van der Waals surface area contributed by atoms with Crippen molar-refractivity contribution in [3.8, 4) is 5.75 Å². The molecule has 1 N–H and O–H groups in total. The molecule has 1 aliphatic carbocycles. The van der Waals surface area contributed by atoms with Crippen LogP contribution in [0.25, 0.3) is 0 Å². The standard InChI is InChI=1S/C16H22ClNO2/c1-11(2)20-13-7-5-6-12(10-13)16(19)18-15-9-4-3-8-14(15)17/h5-7,10-11,14-15H,3-4,8-9H2,1-2H3,(H,18,19). The third-order valence-corrected chi connectivity index (χ3v) is 3.99. The van der Waals surface area contributed by atoms with E-state index in [1.54, 1.807) is 12.1 Å². The molecule has 1 fully saturated rings. The second-order valence-electron chi connectivity index (χ2n) is 5.57. The lowest BCUT2D eigenvalue weighted by Crippen LogP contribution is -2.42. The predicted octanol–water partition coefficient (Wildman–Crippen LogP) is 3.75. The van der Waals surface area contributed by atoms with Crippen molar-refractivity contribution >= 4 is 17.5 Å². The van der Waals surface area contributed by atoms with Crippen LogP contribution in [0.15, 0.2) is 24.3 Å². The number of benzene rings is 1. The average molecular weight is 296 g/mol. The molecule has 0 radical (unpaired) electrons. The number of carbonyl (C=O) groups is 1. The zero-order valence-electron chi connectivity index (χ0n) is 12.1. The van der Waals surface area contributed by atoms with Crippen molar-refractivity contribution in [2.24, 2.45) is 0 Å². The maximum absolute atomic E-state index is 12.3. The van der Waals surface area contributed by atoms with Crippen LogP contribution in [-0.2, 0) is 0 Å². The molecule has 1 aromatic rings. The fourth-order valence-electron chi connectivity index (χ4n) is 2.48. The molecular formula is C16H22ClNO2. The minimum absolute atomic E-state index is 0.0443. The van der Waals surface area contributed by atoms with Crippen LogP contribution < -0.4 is 10.1 Å². The van der Waals surface area contributed by atoms with E-state index in [0.717, 1.165) is 31.4 Å². The molecule has 0 aromatic heterocycles. The summed E-state index contributed by atoms with van der Waals surface area (Å²) in [6.07, 6.45) is 4.31. The third kappa shape index (κ3) is 4.14. The molecule has 0 spiro atoms. The third-order valence-electron chi connectivity index (χ3n) is 3.47. The van der Waals surface area contributed by atoms with Crippen LogP contribution in [0, 0.1) is 0 Å². The van der Waals surface area contributed by atoms with Gasteiger partial charge in [-0.05, 0) is 44.9 Å². The van der Waals surface area contributed by atoms with E-state index in [4.69, 9.17) is 16.3 Å². The highest BCUT2D eigenvalue weighted by Gasteiger charge is 2.25. The topological polar surface area (TPSA) is 38.3 Å². The van der Waals surface area contributed by atoms with Gasteiger partial charge in [0.1, 0.15) is 5.75 Å². The van der Waals surface area contributed by atoms with Gasteiger partial charge in [0, 0.05) is 11.6 Å². The first-order valence-corrected chi connectivity index (χ1v) is 7.71. The van der Waals surface area contributed by atoms with E-state index in [2.05, 4.69) is 5.32 Å². The maximum atomic E-state index is 12.3. The average Bonchev–Trinajstić information content (AvgIpc) is 2.41. The molecule has 1 saturated carbocycles. The van der Waals surface area contributed by atoms with Crippen LogP contribution in [0.2, 0.25) is 0 Å². The first-order valence-electron chi connectivity index (χ1n) is 7.28. The summed E-state index contributed by atoms with van der Waals surface area (Å²) in [6.45, 7) is 3.93. The quantitative estimate of drug-likeness (QED) is 0.859. The fourth-order valence-corrected chi connectivity index (χ4v) is 2.83. The number of hydrogen-bond donors (Lipinski definition) is 1. The van der Waals surface area contributed by atoms with Crippen molar-refractivity contribution in [3.63, 3.8) is 0 Å². The molecule has 1 aromatic carbocycles. The van der Waals surface area contributed by atoms with Gasteiger partial charge in [-0.25, -0.2) is 0 Å². The highest BCUT2D eigenvalue weighted by molar-refractivity contribution is 6.21. The van der Waals surface area contributed by atoms with Gasteiger partial charge in [0.2, 0.25) is 0 Å². The number of carbonyl (C=O) groups excluding carboxylic acids is 1. The normalized spacial score (nSPS) is 22.6. The van der Waals surface area contributed by atoms with E-state index in [-0.39, 0.29) is 23.4 Å². The van der Waals surface area contributed by atoms with Crippen LogP contribution in [-0.4, -0.2) is 23.4 Å². The summed E-state index contributed by atoms with van der Waals surface area (Å²) >= 11 is 6.27. The van der Waals surface area contributed by atoms with Crippen LogP contribution >= 0.6 is 11.6 Å². The van der Waals surface area contributed by atoms with E-state index in [1.165, 1.54) is 0 Å². The summed E-state index contributed by atoms with van der Waals surface area (Å²) < 4.78 is 5.61. The highest BCUT2D eigenvalue weighted by atomic mass is 35.5. The number of nitrogens with one attached hydrogen (secondary N) is 1. The molecule has 2 unspecified atom stereocenters. The largest absolute Gasteiger partial charge is 0.491 e. The van der Waals surface area contributed by atoms with Crippen molar-refractivity contribution in [2.45, 2.75) is 57.1 Å². The first kappa shape index (κ1) is 15.2. The zero-order valence-corrected chi connectivity index (χ0v) is 12.8. The number of halogens is 1. The van der Waals surface area contributed by atoms with Crippen LogP contribution in [0.3, 0.4) is 0 Å².